The van der Waals surface area contributed by atoms with Gasteiger partial charge >= 0.3 is 5.97 Å². The number of nitrogens with zero attached hydrogens (tertiary/aromatic N) is 1. The lowest BCUT2D eigenvalue weighted by atomic mass is 9.83. The SMILES string of the molecule is N#CC1=C(N)Oc2cc(OC(=O)c3ccccc3Br)ccc2C1c1cccc(Br)c1. The number of carbonyl (C=O) groups is 1. The van der Waals surface area contributed by atoms with Crippen molar-refractivity contribution in [3.05, 3.63) is 104 Å². The fourth-order valence-electron chi connectivity index (χ4n) is 3.32. The maximum Gasteiger partial charge on any atom is 0.344 e. The molecule has 1 unspecified atom stereocenters. The zero-order chi connectivity index (χ0) is 21.3. The van der Waals surface area contributed by atoms with Crippen LogP contribution in [-0.4, -0.2) is 5.97 Å². The van der Waals surface area contributed by atoms with Crippen molar-refractivity contribution in [2.75, 3.05) is 0 Å². The van der Waals surface area contributed by atoms with Crippen LogP contribution in [0.3, 0.4) is 0 Å². The van der Waals surface area contributed by atoms with Gasteiger partial charge in [0.2, 0.25) is 5.88 Å². The molecule has 0 aromatic heterocycles. The highest BCUT2D eigenvalue weighted by atomic mass is 79.9. The molecule has 1 heterocycles. The quantitative estimate of drug-likeness (QED) is 0.353. The minimum atomic E-state index is -0.497. The summed E-state index contributed by atoms with van der Waals surface area (Å²) in [6.45, 7) is 0. The van der Waals surface area contributed by atoms with Gasteiger partial charge in [0.05, 0.1) is 11.5 Å². The molecule has 0 amide bonds. The Morgan fingerprint density at radius 3 is 2.60 bits per heavy atom. The summed E-state index contributed by atoms with van der Waals surface area (Å²) in [6.07, 6.45) is 0. The highest BCUT2D eigenvalue weighted by molar-refractivity contribution is 9.10. The van der Waals surface area contributed by atoms with Crippen LogP contribution >= 0.6 is 31.9 Å². The van der Waals surface area contributed by atoms with E-state index in [0.29, 0.717) is 27.1 Å². The fourth-order valence-corrected chi connectivity index (χ4v) is 4.18. The lowest BCUT2D eigenvalue weighted by molar-refractivity contribution is 0.0733. The van der Waals surface area contributed by atoms with Crippen molar-refractivity contribution in [1.82, 2.24) is 0 Å². The topological polar surface area (TPSA) is 85.3 Å². The van der Waals surface area contributed by atoms with Gasteiger partial charge in [-0.25, -0.2) is 4.79 Å². The smallest absolute Gasteiger partial charge is 0.344 e. The third-order valence-corrected chi connectivity index (χ3v) is 5.86. The average molecular weight is 526 g/mol. The molecule has 7 heteroatoms. The number of hydrogen-bond acceptors (Lipinski definition) is 5. The van der Waals surface area contributed by atoms with Gasteiger partial charge in [-0.3, -0.25) is 0 Å². The van der Waals surface area contributed by atoms with E-state index >= 15 is 0 Å². The Bertz CT molecular complexity index is 1230. The second-order valence-electron chi connectivity index (χ2n) is 6.55. The van der Waals surface area contributed by atoms with Crippen LogP contribution in [0.4, 0.5) is 0 Å². The fraction of sp³-hybridized carbons (Fsp3) is 0.0435. The number of halogens is 2. The van der Waals surface area contributed by atoms with Crippen molar-refractivity contribution in [3.8, 4) is 17.6 Å². The monoisotopic (exact) mass is 524 g/mol. The summed E-state index contributed by atoms with van der Waals surface area (Å²) in [4.78, 5) is 12.5. The molecule has 2 N–H and O–H groups in total. The standard InChI is InChI=1S/C23H14Br2N2O3/c24-14-5-3-4-13(10-14)21-17-9-8-15(11-20(17)30-22(27)18(21)12-26)29-23(28)16-6-1-2-7-19(16)25/h1-11,21H,27H2. The summed E-state index contributed by atoms with van der Waals surface area (Å²) in [5.41, 5.74) is 8.44. The van der Waals surface area contributed by atoms with Gasteiger partial charge in [0.1, 0.15) is 23.1 Å². The second-order valence-corrected chi connectivity index (χ2v) is 8.32. The van der Waals surface area contributed by atoms with Crippen molar-refractivity contribution in [1.29, 1.82) is 5.26 Å². The van der Waals surface area contributed by atoms with Crippen LogP contribution in [0.25, 0.3) is 0 Å². The molecule has 4 rings (SSSR count). The van der Waals surface area contributed by atoms with Crippen molar-refractivity contribution >= 4 is 37.8 Å². The van der Waals surface area contributed by atoms with Gasteiger partial charge < -0.3 is 15.2 Å². The number of fused-ring (bicyclic) bond motifs is 1. The maximum absolute atomic E-state index is 12.5. The minimum Gasteiger partial charge on any atom is -0.440 e. The normalized spacial score (nSPS) is 15.0. The third-order valence-electron chi connectivity index (χ3n) is 4.68. The van der Waals surface area contributed by atoms with E-state index in [4.69, 9.17) is 15.2 Å². The predicted octanol–water partition coefficient (Wildman–Crippen LogP) is 5.65. The number of ether oxygens (including phenoxy) is 2. The van der Waals surface area contributed by atoms with Gasteiger partial charge in [-0.1, -0.05) is 46.3 Å². The molecule has 1 aliphatic rings. The van der Waals surface area contributed by atoms with Crippen LogP contribution in [0.15, 0.2) is 87.1 Å². The number of allylic oxidation sites excluding steroid dienone is 1. The third kappa shape index (κ3) is 3.84. The lowest BCUT2D eigenvalue weighted by Crippen LogP contribution is -2.21. The number of hydrogen-bond donors (Lipinski definition) is 1. The van der Waals surface area contributed by atoms with Crippen LogP contribution < -0.4 is 15.2 Å². The van der Waals surface area contributed by atoms with Gasteiger partial charge in [0, 0.05) is 20.6 Å². The maximum atomic E-state index is 12.5. The molecule has 1 atom stereocenters. The van der Waals surface area contributed by atoms with Crippen LogP contribution in [0.1, 0.15) is 27.4 Å². The number of benzene rings is 3. The van der Waals surface area contributed by atoms with Gasteiger partial charge in [0.25, 0.3) is 0 Å². The van der Waals surface area contributed by atoms with E-state index < -0.39 is 5.97 Å². The highest BCUT2D eigenvalue weighted by Gasteiger charge is 2.31. The molecule has 3 aromatic carbocycles. The van der Waals surface area contributed by atoms with Gasteiger partial charge in [0.15, 0.2) is 0 Å². The first-order valence-corrected chi connectivity index (χ1v) is 10.5. The molecule has 1 aliphatic heterocycles. The van der Waals surface area contributed by atoms with Crippen LogP contribution in [0.5, 0.6) is 11.5 Å². The Morgan fingerprint density at radius 2 is 1.87 bits per heavy atom. The summed E-state index contributed by atoms with van der Waals surface area (Å²) in [5, 5.41) is 9.66. The Kier molecular flexibility index (Phi) is 5.62. The van der Waals surface area contributed by atoms with Gasteiger partial charge in [-0.05, 0) is 51.8 Å². The molecule has 0 aliphatic carbocycles. The zero-order valence-electron chi connectivity index (χ0n) is 15.4. The van der Waals surface area contributed by atoms with Crippen molar-refractivity contribution in [3.63, 3.8) is 0 Å². The van der Waals surface area contributed by atoms with E-state index in [0.717, 1.165) is 15.6 Å². The predicted molar refractivity (Wildman–Crippen MR) is 119 cm³/mol. The van der Waals surface area contributed by atoms with E-state index in [1.807, 2.05) is 30.3 Å². The van der Waals surface area contributed by atoms with E-state index in [-0.39, 0.29) is 11.8 Å². The first-order valence-electron chi connectivity index (χ1n) is 8.91. The molecule has 0 fully saturated rings. The summed E-state index contributed by atoms with van der Waals surface area (Å²) in [6, 6.07) is 21.9. The number of carbonyl (C=O) groups excluding carboxylic acids is 1. The van der Waals surface area contributed by atoms with Gasteiger partial charge in [-0.2, -0.15) is 5.26 Å². The molecule has 0 saturated heterocycles. The highest BCUT2D eigenvalue weighted by Crippen LogP contribution is 2.43. The molecular formula is C23H14Br2N2O3. The molecule has 0 saturated carbocycles. The minimum absolute atomic E-state index is 0.0317. The first-order chi connectivity index (χ1) is 14.5. The number of esters is 1. The molecule has 0 radical (unpaired) electrons. The van der Waals surface area contributed by atoms with E-state index in [1.165, 1.54) is 0 Å². The number of nitriles is 1. The number of rotatable bonds is 3. The first kappa shape index (κ1) is 20.2. The molecule has 148 valence electrons. The molecular weight excluding hydrogens is 512 g/mol. The summed E-state index contributed by atoms with van der Waals surface area (Å²) in [5.74, 6) is -0.0962. The Morgan fingerprint density at radius 1 is 1.07 bits per heavy atom. The second kappa shape index (κ2) is 8.34. The molecule has 30 heavy (non-hydrogen) atoms. The molecule has 5 nitrogen and oxygen atoms in total. The largest absolute Gasteiger partial charge is 0.440 e. The number of nitrogens with two attached hydrogens (primary N) is 1. The Balaban J connectivity index is 1.71. The molecule has 0 bridgehead atoms. The van der Waals surface area contributed by atoms with Crippen LogP contribution in [0.2, 0.25) is 0 Å². The van der Waals surface area contributed by atoms with Crippen molar-refractivity contribution in [2.45, 2.75) is 5.92 Å². The van der Waals surface area contributed by atoms with Crippen LogP contribution in [0, 0.1) is 11.3 Å². The molecule has 0 spiro atoms. The Labute approximate surface area is 190 Å². The lowest BCUT2D eigenvalue weighted by Gasteiger charge is -2.26. The van der Waals surface area contributed by atoms with E-state index in [1.54, 1.807) is 36.4 Å². The Hall–Kier alpha value is -3.08. The average Bonchev–Trinajstić information content (AvgIpc) is 2.73. The summed E-state index contributed by atoms with van der Waals surface area (Å²) >= 11 is 6.82. The molecule has 3 aromatic rings. The van der Waals surface area contributed by atoms with Gasteiger partial charge in [-0.15, -0.1) is 0 Å². The summed E-state index contributed by atoms with van der Waals surface area (Å²) in [7, 11) is 0. The zero-order valence-corrected chi connectivity index (χ0v) is 18.6. The van der Waals surface area contributed by atoms with E-state index in [2.05, 4.69) is 37.9 Å². The van der Waals surface area contributed by atoms with E-state index in [9.17, 15) is 10.1 Å². The summed E-state index contributed by atoms with van der Waals surface area (Å²) < 4.78 is 12.7. The van der Waals surface area contributed by atoms with Crippen LogP contribution in [-0.2, 0) is 0 Å². The van der Waals surface area contributed by atoms with Crippen molar-refractivity contribution < 1.29 is 14.3 Å². The van der Waals surface area contributed by atoms with Crippen molar-refractivity contribution in [2.24, 2.45) is 5.73 Å².